The molecule has 0 aliphatic heterocycles. The Morgan fingerprint density at radius 2 is 1.85 bits per heavy atom. The Balaban J connectivity index is 2.19. The summed E-state index contributed by atoms with van der Waals surface area (Å²) in [4.78, 5) is 11.5. The van der Waals surface area contributed by atoms with Crippen LogP contribution in [-0.2, 0) is 11.3 Å². The predicted molar refractivity (Wildman–Crippen MR) is 71.6 cm³/mol. The maximum atomic E-state index is 13.7. The lowest BCUT2D eigenvalue weighted by molar-refractivity contribution is -0.120. The van der Waals surface area contributed by atoms with Crippen LogP contribution in [-0.4, -0.2) is 5.91 Å². The van der Waals surface area contributed by atoms with E-state index in [4.69, 9.17) is 5.73 Å². The van der Waals surface area contributed by atoms with Crippen molar-refractivity contribution >= 4 is 5.91 Å². The highest BCUT2D eigenvalue weighted by molar-refractivity contribution is 5.81. The van der Waals surface area contributed by atoms with Gasteiger partial charge in [0, 0.05) is 12.1 Å². The fourth-order valence-corrected chi connectivity index (χ4v) is 1.92. The lowest BCUT2D eigenvalue weighted by Crippen LogP contribution is -2.34. The molecule has 0 spiro atoms. The average molecular weight is 276 g/mol. The lowest BCUT2D eigenvalue weighted by Gasteiger charge is -2.16. The van der Waals surface area contributed by atoms with Crippen LogP contribution in [0.4, 0.5) is 8.78 Å². The van der Waals surface area contributed by atoms with Crippen LogP contribution in [0.1, 0.15) is 17.2 Å². The zero-order valence-corrected chi connectivity index (χ0v) is 10.6. The summed E-state index contributed by atoms with van der Waals surface area (Å²) in [5.41, 5.74) is 6.08. The molecule has 0 saturated heterocycles. The second-order valence-electron chi connectivity index (χ2n) is 4.37. The van der Waals surface area contributed by atoms with Crippen LogP contribution >= 0.6 is 0 Å². The first kappa shape index (κ1) is 14.1. The molecule has 3 nitrogen and oxygen atoms in total. The summed E-state index contributed by atoms with van der Waals surface area (Å²) >= 11 is 0. The maximum absolute atomic E-state index is 13.7. The van der Waals surface area contributed by atoms with E-state index in [2.05, 4.69) is 5.32 Å². The zero-order valence-electron chi connectivity index (χ0n) is 10.6. The van der Waals surface area contributed by atoms with Gasteiger partial charge in [0.15, 0.2) is 0 Å². The first-order valence-electron chi connectivity index (χ1n) is 6.09. The average Bonchev–Trinajstić information content (AvgIpc) is 2.43. The number of halogens is 2. The van der Waals surface area contributed by atoms with E-state index in [0.717, 1.165) is 23.8 Å². The highest BCUT2D eigenvalue weighted by atomic mass is 19.1. The number of carbonyl (C=O) groups excluding carboxylic acids is 1. The second kappa shape index (κ2) is 6.25. The van der Waals surface area contributed by atoms with Gasteiger partial charge in [-0.3, -0.25) is 10.1 Å². The van der Waals surface area contributed by atoms with Crippen molar-refractivity contribution in [1.82, 2.24) is 5.32 Å². The Labute approximate surface area is 115 Å². The number of benzene rings is 2. The number of hydrogen-bond donors (Lipinski definition) is 2. The Morgan fingerprint density at radius 1 is 1.15 bits per heavy atom. The van der Waals surface area contributed by atoms with Gasteiger partial charge in [0.05, 0.1) is 0 Å². The molecule has 2 rings (SSSR count). The molecule has 20 heavy (non-hydrogen) atoms. The van der Waals surface area contributed by atoms with Crippen molar-refractivity contribution in [3.8, 4) is 0 Å². The van der Waals surface area contributed by atoms with Gasteiger partial charge in [-0.1, -0.05) is 30.3 Å². The van der Waals surface area contributed by atoms with E-state index in [-0.39, 0.29) is 5.56 Å². The Bertz CT molecular complexity index is 602. The fourth-order valence-electron chi connectivity index (χ4n) is 1.92. The van der Waals surface area contributed by atoms with E-state index in [9.17, 15) is 13.6 Å². The molecule has 5 heteroatoms. The summed E-state index contributed by atoms with van der Waals surface area (Å²) in [6, 6.07) is 11.1. The van der Waals surface area contributed by atoms with Crippen LogP contribution in [0.3, 0.4) is 0 Å². The summed E-state index contributed by atoms with van der Waals surface area (Å²) < 4.78 is 26.9. The smallest absolute Gasteiger partial charge is 0.239 e. The van der Waals surface area contributed by atoms with Crippen LogP contribution in [0.2, 0.25) is 0 Å². The van der Waals surface area contributed by atoms with E-state index in [1.165, 1.54) is 0 Å². The maximum Gasteiger partial charge on any atom is 0.239 e. The monoisotopic (exact) mass is 276 g/mol. The number of nitrogens with two attached hydrogens (primary N) is 1. The van der Waals surface area contributed by atoms with Crippen LogP contribution in [0, 0.1) is 11.6 Å². The molecule has 1 amide bonds. The van der Waals surface area contributed by atoms with Crippen molar-refractivity contribution in [3.63, 3.8) is 0 Å². The molecule has 3 N–H and O–H groups in total. The van der Waals surface area contributed by atoms with Crippen molar-refractivity contribution in [2.75, 3.05) is 0 Å². The summed E-state index contributed by atoms with van der Waals surface area (Å²) in [7, 11) is 0. The van der Waals surface area contributed by atoms with E-state index < -0.39 is 23.6 Å². The zero-order chi connectivity index (χ0) is 14.5. The van der Waals surface area contributed by atoms with E-state index in [1.54, 1.807) is 0 Å². The summed E-state index contributed by atoms with van der Waals surface area (Å²) in [6.45, 7) is 0.324. The number of nitrogens with one attached hydrogen (secondary N) is 1. The van der Waals surface area contributed by atoms with Crippen molar-refractivity contribution < 1.29 is 13.6 Å². The number of hydrogen-bond acceptors (Lipinski definition) is 2. The van der Waals surface area contributed by atoms with Crippen molar-refractivity contribution in [2.45, 2.75) is 12.6 Å². The highest BCUT2D eigenvalue weighted by Crippen LogP contribution is 2.19. The van der Waals surface area contributed by atoms with E-state index in [1.807, 2.05) is 30.3 Å². The number of primary amides is 1. The van der Waals surface area contributed by atoms with Crippen LogP contribution in [0.5, 0.6) is 0 Å². The van der Waals surface area contributed by atoms with Crippen LogP contribution in [0.15, 0.2) is 48.5 Å². The second-order valence-corrected chi connectivity index (χ2v) is 4.37. The minimum absolute atomic E-state index is 0.0894. The normalized spacial score (nSPS) is 12.1. The third kappa shape index (κ3) is 3.39. The highest BCUT2D eigenvalue weighted by Gasteiger charge is 2.21. The standard InChI is InChI=1S/C15H14F2N2O/c16-11-6-7-13(17)12(8-11)14(15(18)20)19-9-10-4-2-1-3-5-10/h1-8,14,19H,9H2,(H2,18,20). The predicted octanol–water partition coefficient (Wildman–Crippen LogP) is 2.28. The lowest BCUT2D eigenvalue weighted by atomic mass is 10.0. The number of carbonyl (C=O) groups is 1. The molecule has 0 aliphatic carbocycles. The Morgan fingerprint density at radius 3 is 2.50 bits per heavy atom. The summed E-state index contributed by atoms with van der Waals surface area (Å²) in [5, 5.41) is 2.84. The molecule has 0 radical (unpaired) electrons. The fraction of sp³-hybridized carbons (Fsp3) is 0.133. The van der Waals surface area contributed by atoms with E-state index in [0.29, 0.717) is 6.54 Å². The summed E-state index contributed by atoms with van der Waals surface area (Å²) in [6.07, 6.45) is 0. The molecule has 0 heterocycles. The quantitative estimate of drug-likeness (QED) is 0.880. The first-order chi connectivity index (χ1) is 9.58. The number of amides is 1. The van der Waals surface area contributed by atoms with Gasteiger partial charge in [-0.2, -0.15) is 0 Å². The van der Waals surface area contributed by atoms with Gasteiger partial charge in [-0.15, -0.1) is 0 Å². The van der Waals surface area contributed by atoms with Gasteiger partial charge in [0.25, 0.3) is 0 Å². The van der Waals surface area contributed by atoms with Gasteiger partial charge >= 0.3 is 0 Å². The van der Waals surface area contributed by atoms with Crippen molar-refractivity contribution in [3.05, 3.63) is 71.3 Å². The van der Waals surface area contributed by atoms with Crippen molar-refractivity contribution in [1.29, 1.82) is 0 Å². The molecule has 0 fully saturated rings. The minimum Gasteiger partial charge on any atom is -0.368 e. The molecule has 2 aromatic carbocycles. The molecule has 0 bridgehead atoms. The Kier molecular flexibility index (Phi) is 4.42. The van der Waals surface area contributed by atoms with Gasteiger partial charge in [-0.05, 0) is 23.8 Å². The molecule has 2 aromatic rings. The van der Waals surface area contributed by atoms with Gasteiger partial charge in [0.1, 0.15) is 17.7 Å². The van der Waals surface area contributed by atoms with Crippen LogP contribution in [0.25, 0.3) is 0 Å². The molecule has 0 saturated carbocycles. The molecule has 0 aliphatic rings. The SMILES string of the molecule is NC(=O)C(NCc1ccccc1)c1cc(F)ccc1F. The first-order valence-corrected chi connectivity index (χ1v) is 6.09. The molecule has 0 aromatic heterocycles. The third-order valence-electron chi connectivity index (χ3n) is 2.91. The molecule has 1 atom stereocenters. The third-order valence-corrected chi connectivity index (χ3v) is 2.91. The summed E-state index contributed by atoms with van der Waals surface area (Å²) in [5.74, 6) is -2.05. The largest absolute Gasteiger partial charge is 0.368 e. The molecule has 104 valence electrons. The van der Waals surface area contributed by atoms with Gasteiger partial charge in [-0.25, -0.2) is 8.78 Å². The molecule has 1 unspecified atom stereocenters. The minimum atomic E-state index is -1.08. The molecular weight excluding hydrogens is 262 g/mol. The van der Waals surface area contributed by atoms with Crippen LogP contribution < -0.4 is 11.1 Å². The Hall–Kier alpha value is -2.27. The van der Waals surface area contributed by atoms with Gasteiger partial charge in [0.2, 0.25) is 5.91 Å². The molecular formula is C15H14F2N2O. The topological polar surface area (TPSA) is 55.1 Å². The van der Waals surface area contributed by atoms with E-state index >= 15 is 0 Å². The van der Waals surface area contributed by atoms with Gasteiger partial charge < -0.3 is 5.73 Å². The van der Waals surface area contributed by atoms with Crippen molar-refractivity contribution in [2.24, 2.45) is 5.73 Å². The number of rotatable bonds is 5.